The fourth-order valence-electron chi connectivity index (χ4n) is 3.61. The number of rotatable bonds is 10. The molecule has 1 amide bonds. The van der Waals surface area contributed by atoms with Gasteiger partial charge in [0, 0.05) is 57.5 Å². The van der Waals surface area contributed by atoms with Gasteiger partial charge in [-0.3, -0.25) is 14.6 Å². The number of benzene rings is 2. The third-order valence-electron chi connectivity index (χ3n) is 5.29. The van der Waals surface area contributed by atoms with Gasteiger partial charge in [-0.1, -0.05) is 42.5 Å². The van der Waals surface area contributed by atoms with Gasteiger partial charge < -0.3 is 14.8 Å². The molecule has 0 aromatic heterocycles. The summed E-state index contributed by atoms with van der Waals surface area (Å²) in [6, 6.07) is 15.2. The van der Waals surface area contributed by atoms with Crippen molar-refractivity contribution in [2.75, 3.05) is 46.4 Å². The quantitative estimate of drug-likeness (QED) is 0.569. The van der Waals surface area contributed by atoms with E-state index in [0.717, 1.165) is 39.3 Å². The minimum absolute atomic E-state index is 0.0950. The van der Waals surface area contributed by atoms with E-state index in [2.05, 4.69) is 44.1 Å². The summed E-state index contributed by atoms with van der Waals surface area (Å²) in [4.78, 5) is 16.9. The molecule has 1 aliphatic rings. The van der Waals surface area contributed by atoms with Gasteiger partial charge in [-0.15, -0.1) is 0 Å². The van der Waals surface area contributed by atoms with E-state index in [4.69, 9.17) is 4.74 Å². The number of nitrogens with zero attached hydrogens (tertiary/aromatic N) is 2. The average Bonchev–Trinajstić information content (AvgIpc) is 2.80. The smallest absolute Gasteiger partial charge is 0.387 e. The van der Waals surface area contributed by atoms with Crippen molar-refractivity contribution in [1.29, 1.82) is 0 Å². The highest BCUT2D eigenvalue weighted by Gasteiger charge is 2.17. The lowest BCUT2D eigenvalue weighted by atomic mass is 10.1. The Morgan fingerprint density at radius 3 is 2.47 bits per heavy atom. The molecular formula is C24H29F2N3O3. The van der Waals surface area contributed by atoms with Gasteiger partial charge in [-0.25, -0.2) is 0 Å². The number of piperazine rings is 1. The summed E-state index contributed by atoms with van der Waals surface area (Å²) >= 11 is 0. The molecule has 172 valence electrons. The predicted octanol–water partition coefficient (Wildman–Crippen LogP) is 3.24. The summed E-state index contributed by atoms with van der Waals surface area (Å²) < 4.78 is 35.0. The Bertz CT molecular complexity index is 885. The monoisotopic (exact) mass is 445 g/mol. The number of nitrogens with one attached hydrogen (secondary N) is 1. The molecule has 6 nitrogen and oxygen atoms in total. The van der Waals surface area contributed by atoms with E-state index in [1.54, 1.807) is 12.1 Å². The van der Waals surface area contributed by atoms with Crippen LogP contribution in [0.3, 0.4) is 0 Å². The van der Waals surface area contributed by atoms with Crippen molar-refractivity contribution >= 4 is 12.0 Å². The molecule has 2 aromatic carbocycles. The Hall–Kier alpha value is -2.97. The van der Waals surface area contributed by atoms with E-state index in [1.165, 1.54) is 30.9 Å². The molecular weight excluding hydrogens is 416 g/mol. The molecule has 0 aliphatic carbocycles. The van der Waals surface area contributed by atoms with E-state index >= 15 is 0 Å². The topological polar surface area (TPSA) is 54.0 Å². The summed E-state index contributed by atoms with van der Waals surface area (Å²) in [7, 11) is 1.37. The van der Waals surface area contributed by atoms with Crippen LogP contribution in [0.5, 0.6) is 11.5 Å². The molecule has 2 aromatic rings. The van der Waals surface area contributed by atoms with E-state index in [1.807, 2.05) is 6.07 Å². The minimum Gasteiger partial charge on any atom is -0.493 e. The zero-order chi connectivity index (χ0) is 22.8. The number of halogens is 2. The molecule has 0 spiro atoms. The van der Waals surface area contributed by atoms with Crippen LogP contribution in [0.1, 0.15) is 11.1 Å². The Kier molecular flexibility index (Phi) is 9.01. The Morgan fingerprint density at radius 1 is 1.06 bits per heavy atom. The molecule has 1 N–H and O–H groups in total. The third kappa shape index (κ3) is 7.32. The largest absolute Gasteiger partial charge is 0.493 e. The number of ether oxygens (including phenoxy) is 2. The minimum atomic E-state index is -2.99. The third-order valence-corrected chi connectivity index (χ3v) is 5.29. The fourth-order valence-corrected chi connectivity index (χ4v) is 3.61. The molecule has 1 heterocycles. The molecule has 32 heavy (non-hydrogen) atoms. The van der Waals surface area contributed by atoms with Crippen LogP contribution in [0.2, 0.25) is 0 Å². The van der Waals surface area contributed by atoms with E-state index in [0.29, 0.717) is 12.1 Å². The second-order valence-electron chi connectivity index (χ2n) is 7.48. The first kappa shape index (κ1) is 23.7. The Labute approximate surface area is 187 Å². The maximum atomic E-state index is 12.7. The first-order valence-corrected chi connectivity index (χ1v) is 10.6. The normalized spacial score (nSPS) is 15.2. The van der Waals surface area contributed by atoms with Gasteiger partial charge in [0.15, 0.2) is 11.5 Å². The first-order chi connectivity index (χ1) is 15.5. The van der Waals surface area contributed by atoms with E-state index in [9.17, 15) is 13.6 Å². The van der Waals surface area contributed by atoms with Crippen molar-refractivity contribution < 1.29 is 23.0 Å². The number of hydrogen-bond acceptors (Lipinski definition) is 5. The predicted molar refractivity (Wildman–Crippen MR) is 120 cm³/mol. The molecule has 1 fully saturated rings. The van der Waals surface area contributed by atoms with Crippen LogP contribution >= 0.6 is 0 Å². The second-order valence-corrected chi connectivity index (χ2v) is 7.48. The molecule has 1 aliphatic heterocycles. The van der Waals surface area contributed by atoms with Crippen LogP contribution in [-0.4, -0.2) is 68.7 Å². The van der Waals surface area contributed by atoms with E-state index in [-0.39, 0.29) is 17.4 Å². The van der Waals surface area contributed by atoms with Gasteiger partial charge >= 0.3 is 6.61 Å². The lowest BCUT2D eigenvalue weighted by Crippen LogP contribution is -2.47. The molecule has 0 bridgehead atoms. The maximum Gasteiger partial charge on any atom is 0.387 e. The van der Waals surface area contributed by atoms with Crippen molar-refractivity contribution in [2.24, 2.45) is 0 Å². The van der Waals surface area contributed by atoms with Crippen LogP contribution in [0, 0.1) is 0 Å². The number of carbonyl (C=O) groups excluding carboxylic acids is 1. The Morgan fingerprint density at radius 2 is 1.78 bits per heavy atom. The van der Waals surface area contributed by atoms with Crippen LogP contribution in [0.25, 0.3) is 6.08 Å². The standard InChI is InChI=1S/C24H29F2N3O3/c1-31-21-9-5-8-20(23(21)32-24(25)26)10-11-22(30)27-12-13-28-14-16-29(17-15-28)18-19-6-3-2-4-7-19/h2-11,24H,12-18H2,1H3,(H,27,30). The number of methoxy groups -OCH3 is 1. The van der Waals surface area contributed by atoms with Gasteiger partial charge in [0.1, 0.15) is 0 Å². The van der Waals surface area contributed by atoms with Crippen LogP contribution in [0.15, 0.2) is 54.6 Å². The van der Waals surface area contributed by atoms with Crippen molar-refractivity contribution in [3.63, 3.8) is 0 Å². The highest BCUT2D eigenvalue weighted by atomic mass is 19.3. The molecule has 0 radical (unpaired) electrons. The van der Waals surface area contributed by atoms with Crippen molar-refractivity contribution in [3.8, 4) is 11.5 Å². The maximum absolute atomic E-state index is 12.7. The van der Waals surface area contributed by atoms with E-state index < -0.39 is 6.61 Å². The number of carbonyl (C=O) groups is 1. The molecule has 1 saturated heterocycles. The highest BCUT2D eigenvalue weighted by Crippen LogP contribution is 2.33. The van der Waals surface area contributed by atoms with Gasteiger partial charge in [-0.05, 0) is 17.7 Å². The lowest BCUT2D eigenvalue weighted by Gasteiger charge is -2.34. The van der Waals surface area contributed by atoms with Crippen molar-refractivity contribution in [3.05, 3.63) is 65.7 Å². The zero-order valence-corrected chi connectivity index (χ0v) is 18.2. The molecule has 3 rings (SSSR count). The van der Waals surface area contributed by atoms with Gasteiger partial charge in [0.2, 0.25) is 5.91 Å². The second kappa shape index (κ2) is 12.2. The summed E-state index contributed by atoms with van der Waals surface area (Å²) in [5.74, 6) is -0.208. The molecule has 8 heteroatoms. The summed E-state index contributed by atoms with van der Waals surface area (Å²) in [6.45, 7) is 3.14. The number of hydrogen-bond donors (Lipinski definition) is 1. The number of amides is 1. The van der Waals surface area contributed by atoms with Crippen LogP contribution in [0.4, 0.5) is 8.78 Å². The summed E-state index contributed by atoms with van der Waals surface area (Å²) in [5, 5.41) is 2.84. The first-order valence-electron chi connectivity index (χ1n) is 10.6. The zero-order valence-electron chi connectivity index (χ0n) is 18.2. The van der Waals surface area contributed by atoms with Gasteiger partial charge in [0.05, 0.1) is 7.11 Å². The number of alkyl halides is 2. The molecule has 0 unspecified atom stereocenters. The van der Waals surface area contributed by atoms with Crippen molar-refractivity contribution in [2.45, 2.75) is 13.2 Å². The number of para-hydroxylation sites is 1. The van der Waals surface area contributed by atoms with Crippen LogP contribution in [-0.2, 0) is 11.3 Å². The highest BCUT2D eigenvalue weighted by molar-refractivity contribution is 5.92. The molecule has 0 atom stereocenters. The van der Waals surface area contributed by atoms with Crippen LogP contribution < -0.4 is 14.8 Å². The lowest BCUT2D eigenvalue weighted by molar-refractivity contribution is -0.116. The van der Waals surface area contributed by atoms with Gasteiger partial charge in [0.25, 0.3) is 0 Å². The molecule has 0 saturated carbocycles. The Balaban J connectivity index is 1.41. The van der Waals surface area contributed by atoms with Crippen molar-refractivity contribution in [1.82, 2.24) is 15.1 Å². The van der Waals surface area contributed by atoms with Gasteiger partial charge in [-0.2, -0.15) is 8.78 Å². The average molecular weight is 446 g/mol. The SMILES string of the molecule is COc1cccc(C=CC(=O)NCCN2CCN(Cc3ccccc3)CC2)c1OC(F)F. The fraction of sp³-hybridized carbons (Fsp3) is 0.375. The summed E-state index contributed by atoms with van der Waals surface area (Å²) in [5.41, 5.74) is 1.66. The summed E-state index contributed by atoms with van der Waals surface area (Å²) in [6.07, 6.45) is 2.75.